The molecule has 2 fully saturated rings. The molecule has 1 N–H and O–H groups in total. The second kappa shape index (κ2) is 6.43. The third-order valence-electron chi connectivity index (χ3n) is 6.35. The van der Waals surface area contributed by atoms with Gasteiger partial charge in [0.2, 0.25) is 0 Å². The van der Waals surface area contributed by atoms with Crippen molar-refractivity contribution in [1.29, 1.82) is 0 Å². The van der Waals surface area contributed by atoms with Crippen molar-refractivity contribution in [3.8, 4) is 0 Å². The van der Waals surface area contributed by atoms with E-state index in [9.17, 15) is 9.50 Å². The predicted molar refractivity (Wildman–Crippen MR) is 103 cm³/mol. The Kier molecular flexibility index (Phi) is 4.02. The number of piperidine rings is 1. The van der Waals surface area contributed by atoms with Gasteiger partial charge in [0.25, 0.3) is 0 Å². The van der Waals surface area contributed by atoms with Gasteiger partial charge in [0.05, 0.1) is 23.9 Å². The lowest BCUT2D eigenvalue weighted by Gasteiger charge is -2.44. The van der Waals surface area contributed by atoms with Crippen molar-refractivity contribution in [2.75, 3.05) is 0 Å². The average Bonchev–Trinajstić information content (AvgIpc) is 3.16. The van der Waals surface area contributed by atoms with Gasteiger partial charge >= 0.3 is 0 Å². The molecule has 2 aromatic heterocycles. The lowest BCUT2D eigenvalue weighted by molar-refractivity contribution is -0.0646. The molecule has 2 saturated heterocycles. The first kappa shape index (κ1) is 16.9. The van der Waals surface area contributed by atoms with E-state index in [1.54, 1.807) is 12.3 Å². The first-order chi connectivity index (χ1) is 13.1. The topological polar surface area (TPSA) is 41.3 Å². The summed E-state index contributed by atoms with van der Waals surface area (Å²) in [5.41, 5.74) is 1.09. The smallest absolute Gasteiger partial charge is 0.127 e. The third-order valence-corrected chi connectivity index (χ3v) is 6.35. The number of aromatic nitrogens is 2. The van der Waals surface area contributed by atoms with Crippen LogP contribution in [0.3, 0.4) is 0 Å². The molecule has 0 amide bonds. The number of nitrogens with zero attached hydrogens (tertiary/aromatic N) is 3. The van der Waals surface area contributed by atoms with Gasteiger partial charge in [0, 0.05) is 42.0 Å². The molecule has 0 spiro atoms. The molecular weight excluding hydrogens is 341 g/mol. The fourth-order valence-corrected chi connectivity index (χ4v) is 5.11. The van der Waals surface area contributed by atoms with Crippen molar-refractivity contribution in [1.82, 2.24) is 14.5 Å². The highest BCUT2D eigenvalue weighted by Gasteiger charge is 2.47. The van der Waals surface area contributed by atoms with Crippen molar-refractivity contribution in [2.24, 2.45) is 0 Å². The van der Waals surface area contributed by atoms with Crippen LogP contribution in [0, 0.1) is 5.82 Å². The summed E-state index contributed by atoms with van der Waals surface area (Å²) in [7, 11) is 0. The standard InChI is InChI=1S/C22H24FN3O/c23-20-4-2-1-3-17(20)14-26-18-5-6-19(26)12-22(27,11-18)15-25-10-8-16-7-9-24-13-21(16)25/h1-4,7-10,13,18-19,27H,5-6,11-12,14-15H2/t18-,19+,22?. The largest absolute Gasteiger partial charge is 0.388 e. The molecule has 5 rings (SSSR count). The summed E-state index contributed by atoms with van der Waals surface area (Å²) >= 11 is 0. The van der Waals surface area contributed by atoms with Gasteiger partial charge in [0.15, 0.2) is 0 Å². The minimum atomic E-state index is -0.723. The SMILES string of the molecule is OC1(Cn2ccc3ccncc32)C[C@H]2CC[C@@H](C1)N2Cc1ccccc1F. The zero-order chi connectivity index (χ0) is 18.4. The van der Waals surface area contributed by atoms with Crippen molar-refractivity contribution in [2.45, 2.75) is 56.5 Å². The number of rotatable bonds is 4. The lowest BCUT2D eigenvalue weighted by atomic mass is 9.85. The molecule has 3 atom stereocenters. The maximum absolute atomic E-state index is 14.1. The summed E-state index contributed by atoms with van der Waals surface area (Å²) in [6, 6.07) is 11.7. The molecule has 27 heavy (non-hydrogen) atoms. The minimum Gasteiger partial charge on any atom is -0.388 e. The number of pyridine rings is 1. The van der Waals surface area contributed by atoms with E-state index in [1.165, 1.54) is 6.07 Å². The Balaban J connectivity index is 1.35. The Morgan fingerprint density at radius 3 is 2.67 bits per heavy atom. The van der Waals surface area contributed by atoms with Crippen LogP contribution in [-0.2, 0) is 13.1 Å². The zero-order valence-electron chi connectivity index (χ0n) is 15.3. The van der Waals surface area contributed by atoms with E-state index >= 15 is 0 Å². The molecule has 140 valence electrons. The zero-order valence-corrected chi connectivity index (χ0v) is 15.3. The maximum Gasteiger partial charge on any atom is 0.127 e. The van der Waals surface area contributed by atoms with Crippen LogP contribution < -0.4 is 0 Å². The summed E-state index contributed by atoms with van der Waals surface area (Å²) in [5, 5.41) is 12.5. The van der Waals surface area contributed by atoms with Crippen LogP contribution in [0.2, 0.25) is 0 Å². The molecule has 0 saturated carbocycles. The molecule has 1 unspecified atom stereocenters. The normalized spacial score (nSPS) is 28.1. The van der Waals surface area contributed by atoms with Gasteiger partial charge in [-0.05, 0) is 43.9 Å². The molecule has 0 radical (unpaired) electrons. The molecule has 1 aromatic carbocycles. The molecule has 2 aliphatic rings. The van der Waals surface area contributed by atoms with Crippen LogP contribution in [0.4, 0.5) is 4.39 Å². The van der Waals surface area contributed by atoms with Crippen LogP contribution in [-0.4, -0.2) is 37.2 Å². The minimum absolute atomic E-state index is 0.135. The highest BCUT2D eigenvalue weighted by molar-refractivity contribution is 5.78. The van der Waals surface area contributed by atoms with E-state index in [1.807, 2.05) is 30.6 Å². The highest BCUT2D eigenvalue weighted by atomic mass is 19.1. The van der Waals surface area contributed by atoms with Crippen LogP contribution in [0.15, 0.2) is 55.0 Å². The number of hydrogen-bond acceptors (Lipinski definition) is 3. The molecule has 2 aliphatic heterocycles. The summed E-state index contributed by atoms with van der Waals surface area (Å²) in [6.07, 6.45) is 9.32. The van der Waals surface area contributed by atoms with Gasteiger partial charge < -0.3 is 9.67 Å². The van der Waals surface area contributed by atoms with Crippen molar-refractivity contribution in [3.05, 3.63) is 66.4 Å². The molecular formula is C22H24FN3O. The highest BCUT2D eigenvalue weighted by Crippen LogP contribution is 2.42. The van der Waals surface area contributed by atoms with Crippen molar-refractivity contribution >= 4 is 10.9 Å². The van der Waals surface area contributed by atoms with E-state index < -0.39 is 5.60 Å². The predicted octanol–water partition coefficient (Wildman–Crippen LogP) is 3.73. The van der Waals surface area contributed by atoms with Crippen molar-refractivity contribution < 1.29 is 9.50 Å². The van der Waals surface area contributed by atoms with E-state index in [4.69, 9.17) is 0 Å². The fraction of sp³-hybridized carbons (Fsp3) is 0.409. The Labute approximate surface area is 158 Å². The first-order valence-corrected chi connectivity index (χ1v) is 9.72. The molecule has 4 nitrogen and oxygen atoms in total. The van der Waals surface area contributed by atoms with Crippen LogP contribution in [0.1, 0.15) is 31.2 Å². The molecule has 4 heterocycles. The third kappa shape index (κ3) is 3.05. The summed E-state index contributed by atoms with van der Waals surface area (Å²) in [5.74, 6) is -0.135. The number of hydrogen-bond donors (Lipinski definition) is 1. The Bertz CT molecular complexity index is 955. The van der Waals surface area contributed by atoms with Gasteiger partial charge in [-0.25, -0.2) is 4.39 Å². The van der Waals surface area contributed by atoms with E-state index in [-0.39, 0.29) is 5.82 Å². The number of benzene rings is 1. The van der Waals surface area contributed by atoms with E-state index in [0.717, 1.165) is 42.1 Å². The molecule has 2 bridgehead atoms. The van der Waals surface area contributed by atoms with E-state index in [2.05, 4.69) is 20.5 Å². The molecule has 0 aliphatic carbocycles. The van der Waals surface area contributed by atoms with Crippen LogP contribution >= 0.6 is 0 Å². The number of fused-ring (bicyclic) bond motifs is 3. The van der Waals surface area contributed by atoms with Gasteiger partial charge in [0.1, 0.15) is 5.82 Å². The second-order valence-corrected chi connectivity index (χ2v) is 8.16. The Hall–Kier alpha value is -2.24. The monoisotopic (exact) mass is 365 g/mol. The van der Waals surface area contributed by atoms with Crippen LogP contribution in [0.5, 0.6) is 0 Å². The average molecular weight is 365 g/mol. The lowest BCUT2D eigenvalue weighted by Crippen LogP contribution is -2.52. The van der Waals surface area contributed by atoms with Crippen molar-refractivity contribution in [3.63, 3.8) is 0 Å². The summed E-state index contributed by atoms with van der Waals surface area (Å²) < 4.78 is 16.2. The first-order valence-electron chi connectivity index (χ1n) is 9.72. The van der Waals surface area contributed by atoms with Gasteiger partial charge in [-0.15, -0.1) is 0 Å². The quantitative estimate of drug-likeness (QED) is 0.766. The van der Waals surface area contributed by atoms with Gasteiger partial charge in [-0.2, -0.15) is 0 Å². The Morgan fingerprint density at radius 2 is 1.89 bits per heavy atom. The fourth-order valence-electron chi connectivity index (χ4n) is 5.11. The van der Waals surface area contributed by atoms with E-state index in [0.29, 0.717) is 25.2 Å². The van der Waals surface area contributed by atoms with Crippen LogP contribution in [0.25, 0.3) is 10.9 Å². The maximum atomic E-state index is 14.1. The summed E-state index contributed by atoms with van der Waals surface area (Å²) in [4.78, 5) is 6.63. The molecule has 5 heteroatoms. The number of aliphatic hydroxyl groups is 1. The molecule has 3 aromatic rings. The number of halogens is 1. The second-order valence-electron chi connectivity index (χ2n) is 8.16. The Morgan fingerprint density at radius 1 is 1.11 bits per heavy atom. The summed E-state index contributed by atoms with van der Waals surface area (Å²) in [6.45, 7) is 1.22. The van der Waals surface area contributed by atoms with Gasteiger partial charge in [-0.1, -0.05) is 18.2 Å². The van der Waals surface area contributed by atoms with Gasteiger partial charge in [-0.3, -0.25) is 9.88 Å².